The highest BCUT2D eigenvalue weighted by Crippen LogP contribution is 2.28. The first-order chi connectivity index (χ1) is 8.65. The van der Waals surface area contributed by atoms with Gasteiger partial charge in [0.15, 0.2) is 0 Å². The normalized spacial score (nSPS) is 12.4. The van der Waals surface area contributed by atoms with Gasteiger partial charge in [-0.1, -0.05) is 6.92 Å². The van der Waals surface area contributed by atoms with Crippen molar-refractivity contribution in [2.24, 2.45) is 0 Å². The Morgan fingerprint density at radius 3 is 3.00 bits per heavy atom. The van der Waals surface area contributed by atoms with Crippen molar-refractivity contribution in [3.8, 4) is 0 Å². The van der Waals surface area contributed by atoms with Gasteiger partial charge in [-0.25, -0.2) is 14.8 Å². The molecule has 2 heterocycles. The minimum Gasteiger partial charge on any atom is -0.467 e. The molecule has 0 aliphatic heterocycles. The van der Waals surface area contributed by atoms with Gasteiger partial charge in [0, 0.05) is 4.88 Å². The molecule has 0 bridgehead atoms. The maximum atomic E-state index is 11.4. The number of thiophene rings is 1. The quantitative estimate of drug-likeness (QED) is 0.859. The number of nitrogens with one attached hydrogen (secondary N) is 1. The first-order valence-corrected chi connectivity index (χ1v) is 6.55. The molecule has 0 aliphatic rings. The van der Waals surface area contributed by atoms with E-state index in [0.29, 0.717) is 5.82 Å². The lowest BCUT2D eigenvalue weighted by molar-refractivity contribution is -0.141. The smallest absolute Gasteiger partial charge is 0.328 e. The van der Waals surface area contributed by atoms with Crippen LogP contribution in [0.15, 0.2) is 12.4 Å². The van der Waals surface area contributed by atoms with E-state index in [4.69, 9.17) is 0 Å². The van der Waals surface area contributed by atoms with Crippen LogP contribution in [0.4, 0.5) is 5.82 Å². The number of nitrogens with zero attached hydrogens (tertiary/aromatic N) is 2. The number of carbonyl (C=O) groups excluding carboxylic acids is 1. The van der Waals surface area contributed by atoms with Gasteiger partial charge in [-0.15, -0.1) is 11.3 Å². The van der Waals surface area contributed by atoms with Crippen molar-refractivity contribution in [3.05, 3.63) is 17.3 Å². The first-order valence-electron chi connectivity index (χ1n) is 5.73. The molecular weight excluding hydrogens is 250 g/mol. The predicted octanol–water partition coefficient (Wildman–Crippen LogP) is 2.23. The highest BCUT2D eigenvalue weighted by Gasteiger charge is 2.15. The molecule has 0 saturated heterocycles. The molecule has 0 spiro atoms. The Balaban J connectivity index is 2.33. The van der Waals surface area contributed by atoms with E-state index in [1.54, 1.807) is 18.3 Å². The van der Waals surface area contributed by atoms with Crippen molar-refractivity contribution >= 4 is 33.3 Å². The van der Waals surface area contributed by atoms with Crippen LogP contribution in [0.1, 0.15) is 18.7 Å². The van der Waals surface area contributed by atoms with Crippen LogP contribution in [-0.2, 0) is 16.0 Å². The summed E-state index contributed by atoms with van der Waals surface area (Å²) in [4.78, 5) is 22.0. The summed E-state index contributed by atoms with van der Waals surface area (Å²) >= 11 is 1.65. The Labute approximate surface area is 109 Å². The van der Waals surface area contributed by atoms with Crippen molar-refractivity contribution in [1.82, 2.24) is 9.97 Å². The van der Waals surface area contributed by atoms with E-state index in [1.165, 1.54) is 18.3 Å². The Morgan fingerprint density at radius 1 is 1.56 bits per heavy atom. The second kappa shape index (κ2) is 5.30. The van der Waals surface area contributed by atoms with Crippen LogP contribution >= 0.6 is 11.3 Å². The van der Waals surface area contributed by atoms with Crippen molar-refractivity contribution in [1.29, 1.82) is 0 Å². The number of hydrogen-bond acceptors (Lipinski definition) is 6. The second-order valence-electron chi connectivity index (χ2n) is 3.90. The second-order valence-corrected chi connectivity index (χ2v) is 5.01. The molecule has 2 rings (SSSR count). The van der Waals surface area contributed by atoms with Gasteiger partial charge in [0.25, 0.3) is 0 Å². The molecule has 6 heteroatoms. The van der Waals surface area contributed by atoms with Crippen molar-refractivity contribution in [2.45, 2.75) is 26.3 Å². The summed E-state index contributed by atoms with van der Waals surface area (Å²) in [5.74, 6) is 0.363. The fourth-order valence-electron chi connectivity index (χ4n) is 1.64. The molecule has 18 heavy (non-hydrogen) atoms. The van der Waals surface area contributed by atoms with Crippen molar-refractivity contribution in [2.75, 3.05) is 12.4 Å². The summed E-state index contributed by atoms with van der Waals surface area (Å²) < 4.78 is 4.68. The Kier molecular flexibility index (Phi) is 3.76. The summed E-state index contributed by atoms with van der Waals surface area (Å²) in [7, 11) is 1.37. The van der Waals surface area contributed by atoms with E-state index < -0.39 is 6.04 Å². The predicted molar refractivity (Wildman–Crippen MR) is 71.9 cm³/mol. The molecule has 0 fully saturated rings. The van der Waals surface area contributed by atoms with Gasteiger partial charge in [-0.2, -0.15) is 0 Å². The molecule has 2 aromatic rings. The van der Waals surface area contributed by atoms with E-state index in [-0.39, 0.29) is 5.97 Å². The number of anilines is 1. The fraction of sp³-hybridized carbons (Fsp3) is 0.417. The number of aryl methyl sites for hydroxylation is 1. The zero-order valence-corrected chi connectivity index (χ0v) is 11.4. The molecule has 2 aromatic heterocycles. The molecule has 1 unspecified atom stereocenters. The summed E-state index contributed by atoms with van der Waals surface area (Å²) in [6.45, 7) is 3.84. The highest BCUT2D eigenvalue weighted by atomic mass is 32.1. The van der Waals surface area contributed by atoms with Gasteiger partial charge >= 0.3 is 5.97 Å². The molecule has 0 amide bonds. The Morgan fingerprint density at radius 2 is 2.33 bits per heavy atom. The molecule has 0 aromatic carbocycles. The van der Waals surface area contributed by atoms with Gasteiger partial charge in [-0.05, 0) is 19.4 Å². The molecule has 5 nitrogen and oxygen atoms in total. The Bertz CT molecular complexity index is 567. The van der Waals surface area contributed by atoms with Gasteiger partial charge in [0.2, 0.25) is 0 Å². The van der Waals surface area contributed by atoms with Crippen LogP contribution in [0, 0.1) is 0 Å². The average Bonchev–Trinajstić information content (AvgIpc) is 2.81. The maximum absolute atomic E-state index is 11.4. The summed E-state index contributed by atoms with van der Waals surface area (Å²) in [6, 6.07) is 1.63. The average molecular weight is 265 g/mol. The number of fused-ring (bicyclic) bond motifs is 1. The van der Waals surface area contributed by atoms with Crippen LogP contribution < -0.4 is 5.32 Å². The van der Waals surface area contributed by atoms with E-state index in [1.807, 2.05) is 0 Å². The number of rotatable bonds is 4. The fourth-order valence-corrected chi connectivity index (χ4v) is 2.57. The number of methoxy groups -OCH3 is 1. The lowest BCUT2D eigenvalue weighted by Gasteiger charge is -2.12. The van der Waals surface area contributed by atoms with Crippen molar-refractivity contribution < 1.29 is 9.53 Å². The SMILES string of the molecule is CCc1cc2c(NC(C)C(=O)OC)ncnc2s1. The summed E-state index contributed by atoms with van der Waals surface area (Å²) in [5, 5.41) is 4.01. The molecular formula is C12H15N3O2S. The minimum atomic E-state index is -0.432. The van der Waals surface area contributed by atoms with E-state index in [0.717, 1.165) is 16.6 Å². The van der Waals surface area contributed by atoms with Crippen molar-refractivity contribution in [3.63, 3.8) is 0 Å². The number of hydrogen-bond donors (Lipinski definition) is 1. The minimum absolute atomic E-state index is 0.312. The third-order valence-electron chi connectivity index (χ3n) is 2.64. The van der Waals surface area contributed by atoms with Gasteiger partial charge in [-0.3, -0.25) is 0 Å². The molecule has 1 N–H and O–H groups in total. The molecule has 0 saturated carbocycles. The number of esters is 1. The molecule has 0 radical (unpaired) electrons. The molecule has 96 valence electrons. The van der Waals surface area contributed by atoms with E-state index >= 15 is 0 Å². The number of carbonyl (C=O) groups is 1. The van der Waals surface area contributed by atoms with Gasteiger partial charge in [0.05, 0.1) is 12.5 Å². The highest BCUT2D eigenvalue weighted by molar-refractivity contribution is 7.18. The van der Waals surface area contributed by atoms with Crippen LogP contribution in [-0.4, -0.2) is 29.1 Å². The van der Waals surface area contributed by atoms with Crippen LogP contribution in [0.2, 0.25) is 0 Å². The third-order valence-corrected chi connectivity index (χ3v) is 3.82. The number of aromatic nitrogens is 2. The van der Waals surface area contributed by atoms with Gasteiger partial charge in [0.1, 0.15) is 23.0 Å². The first kappa shape index (κ1) is 12.8. The van der Waals surface area contributed by atoms with Crippen LogP contribution in [0.3, 0.4) is 0 Å². The largest absolute Gasteiger partial charge is 0.467 e. The standard InChI is InChI=1S/C12H15N3O2S/c1-4-8-5-9-10(13-6-14-11(9)18-8)15-7(2)12(16)17-3/h5-7H,4H2,1-3H3,(H,13,14,15). The number of ether oxygens (including phenoxy) is 1. The Hall–Kier alpha value is -1.69. The lowest BCUT2D eigenvalue weighted by atomic mass is 10.3. The lowest BCUT2D eigenvalue weighted by Crippen LogP contribution is -2.27. The maximum Gasteiger partial charge on any atom is 0.328 e. The zero-order chi connectivity index (χ0) is 13.1. The molecule has 0 aliphatic carbocycles. The monoisotopic (exact) mass is 265 g/mol. The third kappa shape index (κ3) is 2.43. The van der Waals surface area contributed by atoms with Gasteiger partial charge < -0.3 is 10.1 Å². The molecule has 1 atom stereocenters. The summed E-state index contributed by atoms with van der Waals surface area (Å²) in [5.41, 5.74) is 0. The summed E-state index contributed by atoms with van der Waals surface area (Å²) in [6.07, 6.45) is 2.47. The van der Waals surface area contributed by atoms with Crippen LogP contribution in [0.5, 0.6) is 0 Å². The van der Waals surface area contributed by atoms with E-state index in [9.17, 15) is 4.79 Å². The zero-order valence-electron chi connectivity index (χ0n) is 10.6. The topological polar surface area (TPSA) is 64.1 Å². The van der Waals surface area contributed by atoms with E-state index in [2.05, 4.69) is 33.0 Å². The van der Waals surface area contributed by atoms with Crippen LogP contribution in [0.25, 0.3) is 10.2 Å².